The minimum atomic E-state index is 0.264. The molecule has 0 aliphatic rings. The highest BCUT2D eigenvalue weighted by Crippen LogP contribution is 2.28. The van der Waals surface area contributed by atoms with Gasteiger partial charge in [0.15, 0.2) is 0 Å². The Morgan fingerprint density at radius 3 is 2.73 bits per heavy atom. The average Bonchev–Trinajstić information content (AvgIpc) is 3.01. The second-order valence-corrected chi connectivity index (χ2v) is 7.92. The average molecular weight is 471 g/mol. The molecular formula is C18H14BrCl2N3OS. The molecule has 8 heteroatoms. The summed E-state index contributed by atoms with van der Waals surface area (Å²) in [5, 5.41) is 8.08. The minimum Gasteiger partial charge on any atom is -0.488 e. The van der Waals surface area contributed by atoms with Gasteiger partial charge in [-0.1, -0.05) is 45.2 Å². The molecule has 3 rings (SSSR count). The van der Waals surface area contributed by atoms with Gasteiger partial charge in [-0.25, -0.2) is 4.98 Å². The van der Waals surface area contributed by atoms with Gasteiger partial charge in [0.25, 0.3) is 0 Å². The van der Waals surface area contributed by atoms with Crippen LogP contribution in [0.15, 0.2) is 51.4 Å². The molecule has 0 unspecified atom stereocenters. The number of nitrogens with one attached hydrogen (secondary N) is 1. The van der Waals surface area contributed by atoms with Crippen molar-refractivity contribution in [3.63, 3.8) is 0 Å². The van der Waals surface area contributed by atoms with E-state index in [2.05, 4.69) is 31.4 Å². The Balaban J connectivity index is 1.75. The number of thiazole rings is 1. The minimum absolute atomic E-state index is 0.264. The molecule has 0 spiro atoms. The Bertz CT molecular complexity index is 926. The summed E-state index contributed by atoms with van der Waals surface area (Å²) in [6.07, 6.45) is 1.69. The number of hydrogen-bond donors (Lipinski definition) is 1. The summed E-state index contributed by atoms with van der Waals surface area (Å²) in [6, 6.07) is 11.1. The largest absolute Gasteiger partial charge is 0.488 e. The van der Waals surface area contributed by atoms with Crippen LogP contribution in [0.3, 0.4) is 0 Å². The van der Waals surface area contributed by atoms with Crippen molar-refractivity contribution in [2.24, 2.45) is 5.10 Å². The van der Waals surface area contributed by atoms with Crippen LogP contribution in [0.5, 0.6) is 5.75 Å². The molecule has 2 aromatic carbocycles. The maximum absolute atomic E-state index is 6.20. The number of aryl methyl sites for hydroxylation is 1. The van der Waals surface area contributed by atoms with Gasteiger partial charge in [-0.3, -0.25) is 5.43 Å². The number of hydrogen-bond acceptors (Lipinski definition) is 5. The van der Waals surface area contributed by atoms with Crippen molar-refractivity contribution in [3.05, 3.63) is 73.1 Å². The smallest absolute Gasteiger partial charge is 0.203 e. The van der Waals surface area contributed by atoms with E-state index in [0.717, 1.165) is 26.4 Å². The summed E-state index contributed by atoms with van der Waals surface area (Å²) in [5.41, 5.74) is 5.43. The van der Waals surface area contributed by atoms with Gasteiger partial charge in [-0.2, -0.15) is 5.10 Å². The molecule has 1 aromatic heterocycles. The van der Waals surface area contributed by atoms with Gasteiger partial charge in [-0.05, 0) is 37.3 Å². The molecule has 3 aromatic rings. The van der Waals surface area contributed by atoms with E-state index in [1.807, 2.05) is 30.5 Å². The summed E-state index contributed by atoms with van der Waals surface area (Å²) in [5.74, 6) is 0.671. The fourth-order valence-corrected chi connectivity index (χ4v) is 3.66. The fourth-order valence-electron chi connectivity index (χ4n) is 2.13. The van der Waals surface area contributed by atoms with E-state index >= 15 is 0 Å². The van der Waals surface area contributed by atoms with Gasteiger partial charge in [0.05, 0.1) is 11.9 Å². The van der Waals surface area contributed by atoms with Crippen LogP contribution in [0.25, 0.3) is 0 Å². The van der Waals surface area contributed by atoms with Gasteiger partial charge in [0.2, 0.25) is 5.13 Å². The van der Waals surface area contributed by atoms with Crippen molar-refractivity contribution >= 4 is 61.8 Å². The molecule has 0 radical (unpaired) electrons. The lowest BCUT2D eigenvalue weighted by Gasteiger charge is -2.12. The second-order valence-electron chi connectivity index (χ2n) is 5.34. The number of anilines is 1. The lowest BCUT2D eigenvalue weighted by Crippen LogP contribution is -2.00. The Morgan fingerprint density at radius 1 is 1.27 bits per heavy atom. The molecular weight excluding hydrogens is 457 g/mol. The monoisotopic (exact) mass is 469 g/mol. The van der Waals surface area contributed by atoms with Crippen molar-refractivity contribution in [2.75, 3.05) is 5.43 Å². The number of ether oxygens (including phenoxy) is 1. The number of rotatable bonds is 6. The van der Waals surface area contributed by atoms with Crippen molar-refractivity contribution in [2.45, 2.75) is 13.5 Å². The predicted octanol–water partition coefficient (Wildman–Crippen LogP) is 6.55. The molecule has 0 aliphatic carbocycles. The lowest BCUT2D eigenvalue weighted by molar-refractivity contribution is 0.306. The summed E-state index contributed by atoms with van der Waals surface area (Å²) >= 11 is 17.4. The standard InChI is InChI=1S/C18H14BrCl2N3OS/c1-11-10-26-18(23-11)24-22-8-12-7-13(19)5-6-17(12)25-9-14-15(20)3-2-4-16(14)21/h2-8,10H,9H2,1H3,(H,23,24). The molecule has 0 saturated heterocycles. The van der Waals surface area contributed by atoms with Crippen molar-refractivity contribution in [1.29, 1.82) is 0 Å². The number of nitrogens with zero attached hydrogens (tertiary/aromatic N) is 2. The second kappa shape index (κ2) is 8.86. The van der Waals surface area contributed by atoms with Crippen LogP contribution in [0.1, 0.15) is 16.8 Å². The highest BCUT2D eigenvalue weighted by molar-refractivity contribution is 9.10. The predicted molar refractivity (Wildman–Crippen MR) is 113 cm³/mol. The zero-order valence-corrected chi connectivity index (χ0v) is 17.6. The van der Waals surface area contributed by atoms with Crippen molar-refractivity contribution in [1.82, 2.24) is 4.98 Å². The molecule has 134 valence electrons. The summed E-state index contributed by atoms with van der Waals surface area (Å²) in [7, 11) is 0. The third-order valence-electron chi connectivity index (χ3n) is 3.39. The fraction of sp³-hybridized carbons (Fsp3) is 0.111. The summed E-state index contributed by atoms with van der Waals surface area (Å²) in [6.45, 7) is 2.20. The Morgan fingerprint density at radius 2 is 2.04 bits per heavy atom. The van der Waals surface area contributed by atoms with Gasteiger partial charge in [0, 0.05) is 31.0 Å². The van der Waals surface area contributed by atoms with E-state index in [1.165, 1.54) is 11.3 Å². The van der Waals surface area contributed by atoms with Crippen molar-refractivity contribution < 1.29 is 4.74 Å². The summed E-state index contributed by atoms with van der Waals surface area (Å²) in [4.78, 5) is 4.30. The van der Waals surface area contributed by atoms with Crippen LogP contribution >= 0.6 is 50.5 Å². The number of halogens is 3. The maximum Gasteiger partial charge on any atom is 0.203 e. The van der Waals surface area contributed by atoms with Gasteiger partial charge in [0.1, 0.15) is 12.4 Å². The van der Waals surface area contributed by atoms with E-state index < -0.39 is 0 Å². The Labute approximate surface area is 174 Å². The van der Waals surface area contributed by atoms with E-state index in [4.69, 9.17) is 27.9 Å². The number of hydrazone groups is 1. The highest BCUT2D eigenvalue weighted by atomic mass is 79.9. The van der Waals surface area contributed by atoms with Crippen LogP contribution in [-0.4, -0.2) is 11.2 Å². The van der Waals surface area contributed by atoms with Crippen LogP contribution < -0.4 is 10.2 Å². The van der Waals surface area contributed by atoms with Crippen LogP contribution in [0.2, 0.25) is 10.0 Å². The molecule has 0 atom stereocenters. The SMILES string of the molecule is Cc1csc(NN=Cc2cc(Br)ccc2OCc2c(Cl)cccc2Cl)n1. The first kappa shape index (κ1) is 19.2. The molecule has 1 N–H and O–H groups in total. The normalized spacial score (nSPS) is 11.1. The topological polar surface area (TPSA) is 46.5 Å². The molecule has 0 fully saturated rings. The molecule has 0 aliphatic heterocycles. The van der Waals surface area contributed by atoms with E-state index in [0.29, 0.717) is 15.8 Å². The number of aromatic nitrogens is 1. The van der Waals surface area contributed by atoms with Crippen LogP contribution in [0.4, 0.5) is 5.13 Å². The Kier molecular flexibility index (Phi) is 6.53. The lowest BCUT2D eigenvalue weighted by atomic mass is 10.2. The van der Waals surface area contributed by atoms with E-state index in [9.17, 15) is 0 Å². The Hall–Kier alpha value is -1.60. The highest BCUT2D eigenvalue weighted by Gasteiger charge is 2.09. The van der Waals surface area contributed by atoms with Gasteiger partial charge in [-0.15, -0.1) is 11.3 Å². The van der Waals surface area contributed by atoms with Gasteiger partial charge >= 0.3 is 0 Å². The number of benzene rings is 2. The van der Waals surface area contributed by atoms with Crippen molar-refractivity contribution in [3.8, 4) is 5.75 Å². The quantitative estimate of drug-likeness (QED) is 0.328. The third-order valence-corrected chi connectivity index (χ3v) is 5.45. The first-order chi connectivity index (χ1) is 12.5. The van der Waals surface area contributed by atoms with Crippen LogP contribution in [0, 0.1) is 6.92 Å². The molecule has 0 saturated carbocycles. The van der Waals surface area contributed by atoms with E-state index in [1.54, 1.807) is 24.4 Å². The van der Waals surface area contributed by atoms with Crippen LogP contribution in [-0.2, 0) is 6.61 Å². The molecule has 4 nitrogen and oxygen atoms in total. The zero-order valence-electron chi connectivity index (χ0n) is 13.7. The molecule has 0 bridgehead atoms. The first-order valence-corrected chi connectivity index (χ1v) is 10.0. The maximum atomic E-state index is 6.20. The molecule has 0 amide bonds. The first-order valence-electron chi connectivity index (χ1n) is 7.59. The third kappa shape index (κ3) is 4.98. The summed E-state index contributed by atoms with van der Waals surface area (Å²) < 4.78 is 6.85. The molecule has 26 heavy (non-hydrogen) atoms. The zero-order chi connectivity index (χ0) is 18.5. The van der Waals surface area contributed by atoms with E-state index in [-0.39, 0.29) is 6.61 Å². The molecule has 1 heterocycles. The van der Waals surface area contributed by atoms with Gasteiger partial charge < -0.3 is 4.74 Å².